The van der Waals surface area contributed by atoms with Crippen LogP contribution in [0.5, 0.6) is 0 Å². The van der Waals surface area contributed by atoms with Gasteiger partial charge >= 0.3 is 0 Å². The van der Waals surface area contributed by atoms with Crippen LogP contribution in [-0.4, -0.2) is 11.2 Å². The molecule has 0 aromatic heterocycles. The van der Waals surface area contributed by atoms with Crippen molar-refractivity contribution in [3.8, 4) is 0 Å². The van der Waals surface area contributed by atoms with Crippen molar-refractivity contribution in [1.82, 2.24) is 0 Å². The molecule has 0 heterocycles. The predicted octanol–water partition coefficient (Wildman–Crippen LogP) is 6.30. The van der Waals surface area contributed by atoms with Crippen LogP contribution in [0, 0.1) is 12.3 Å². The van der Waals surface area contributed by atoms with Crippen molar-refractivity contribution < 1.29 is 5.11 Å². The number of aliphatic hydroxyl groups excluding tert-OH is 1. The van der Waals surface area contributed by atoms with Gasteiger partial charge in [0.1, 0.15) is 0 Å². The molecule has 0 saturated heterocycles. The van der Waals surface area contributed by atoms with E-state index in [2.05, 4.69) is 20.3 Å². The summed E-state index contributed by atoms with van der Waals surface area (Å²) in [4.78, 5) is 0. The topological polar surface area (TPSA) is 20.2 Å². The van der Waals surface area contributed by atoms with Crippen molar-refractivity contribution in [2.45, 2.75) is 110 Å². The molecule has 2 unspecified atom stereocenters. The van der Waals surface area contributed by atoms with Gasteiger partial charge in [-0.25, -0.2) is 0 Å². The molecule has 0 saturated carbocycles. The maximum absolute atomic E-state index is 9.84. The third kappa shape index (κ3) is 13.0. The summed E-state index contributed by atoms with van der Waals surface area (Å²) in [5.74, 6) is 0.423. The minimum absolute atomic E-state index is 0.166. The fourth-order valence-corrected chi connectivity index (χ4v) is 2.80. The Bertz CT molecular complexity index is 177. The lowest BCUT2D eigenvalue weighted by Gasteiger charge is -2.19. The second kappa shape index (κ2) is 15.4. The van der Waals surface area contributed by atoms with Crippen LogP contribution in [0.1, 0.15) is 104 Å². The number of unbranched alkanes of at least 4 members (excludes halogenated alkanes) is 10. The summed E-state index contributed by atoms with van der Waals surface area (Å²) in [6, 6.07) is 0. The fourth-order valence-electron chi connectivity index (χ4n) is 2.80. The van der Waals surface area contributed by atoms with Gasteiger partial charge in [-0.05, 0) is 32.1 Å². The second-order valence-corrected chi connectivity index (χ2v) is 6.40. The van der Waals surface area contributed by atoms with Gasteiger partial charge in [0.15, 0.2) is 0 Å². The van der Waals surface area contributed by atoms with Crippen molar-refractivity contribution in [2.75, 3.05) is 0 Å². The number of aliphatic hydroxyl groups is 1. The Labute approximate surface area is 128 Å². The Morgan fingerprint density at radius 1 is 0.750 bits per heavy atom. The van der Waals surface area contributed by atoms with Crippen molar-refractivity contribution in [3.05, 3.63) is 6.42 Å². The van der Waals surface area contributed by atoms with Gasteiger partial charge in [-0.15, -0.1) is 0 Å². The Balaban J connectivity index is 3.46. The van der Waals surface area contributed by atoms with Crippen LogP contribution in [-0.2, 0) is 0 Å². The molecule has 0 aliphatic heterocycles. The normalized spacial score (nSPS) is 14.4. The monoisotopic (exact) mass is 283 g/mol. The third-order valence-electron chi connectivity index (χ3n) is 4.29. The number of rotatable bonds is 15. The highest BCUT2D eigenvalue weighted by atomic mass is 16.3. The molecule has 2 atom stereocenters. The molecule has 0 rings (SSSR count). The Morgan fingerprint density at radius 2 is 1.25 bits per heavy atom. The first-order chi connectivity index (χ1) is 9.72. The van der Waals surface area contributed by atoms with E-state index in [0.29, 0.717) is 5.92 Å². The van der Waals surface area contributed by atoms with Crippen molar-refractivity contribution in [3.63, 3.8) is 0 Å². The molecular formula is C19H39O. The molecule has 0 aromatic rings. The first kappa shape index (κ1) is 20.0. The molecule has 0 fully saturated rings. The standard InChI is InChI=1S/C19H39O/c1-4-6-8-10-11-12-13-15-17-19(18(3)20)16-14-9-7-5-2/h17-20H,4-16H2,1-3H3. The minimum atomic E-state index is -0.166. The molecule has 1 N–H and O–H groups in total. The summed E-state index contributed by atoms with van der Waals surface area (Å²) < 4.78 is 0. The van der Waals surface area contributed by atoms with E-state index in [-0.39, 0.29) is 6.10 Å². The molecule has 0 bridgehead atoms. The molecule has 0 aromatic carbocycles. The third-order valence-corrected chi connectivity index (χ3v) is 4.29. The van der Waals surface area contributed by atoms with E-state index in [4.69, 9.17) is 0 Å². The number of hydrogen-bond acceptors (Lipinski definition) is 1. The van der Waals surface area contributed by atoms with Gasteiger partial charge in [0.05, 0.1) is 6.10 Å². The fraction of sp³-hybridized carbons (Fsp3) is 0.947. The quantitative estimate of drug-likeness (QED) is 0.350. The van der Waals surface area contributed by atoms with Gasteiger partial charge in [-0.2, -0.15) is 0 Å². The van der Waals surface area contributed by atoms with Crippen molar-refractivity contribution in [2.24, 2.45) is 5.92 Å². The maximum Gasteiger partial charge on any atom is 0.0543 e. The molecule has 1 nitrogen and oxygen atoms in total. The highest BCUT2D eigenvalue weighted by molar-refractivity contribution is 4.80. The van der Waals surface area contributed by atoms with E-state index in [9.17, 15) is 5.11 Å². The van der Waals surface area contributed by atoms with Gasteiger partial charge in [0.25, 0.3) is 0 Å². The van der Waals surface area contributed by atoms with Crippen LogP contribution in [0.4, 0.5) is 0 Å². The summed E-state index contributed by atoms with van der Waals surface area (Å²) in [5.41, 5.74) is 0. The highest BCUT2D eigenvalue weighted by Gasteiger charge is 2.14. The summed E-state index contributed by atoms with van der Waals surface area (Å²) in [6.07, 6.45) is 19.4. The first-order valence-electron chi connectivity index (χ1n) is 9.23. The molecular weight excluding hydrogens is 244 g/mol. The van der Waals surface area contributed by atoms with Gasteiger partial charge in [-0.3, -0.25) is 0 Å². The van der Waals surface area contributed by atoms with Crippen LogP contribution < -0.4 is 0 Å². The largest absolute Gasteiger partial charge is 0.393 e. The molecule has 0 aliphatic carbocycles. The van der Waals surface area contributed by atoms with E-state index >= 15 is 0 Å². The summed E-state index contributed by atoms with van der Waals surface area (Å²) in [6.45, 7) is 6.47. The smallest absolute Gasteiger partial charge is 0.0543 e. The molecule has 1 radical (unpaired) electrons. The molecule has 0 amide bonds. The summed E-state index contributed by atoms with van der Waals surface area (Å²) >= 11 is 0. The zero-order valence-electron chi connectivity index (χ0n) is 14.4. The van der Waals surface area contributed by atoms with Crippen molar-refractivity contribution >= 4 is 0 Å². The predicted molar refractivity (Wildman–Crippen MR) is 90.8 cm³/mol. The van der Waals surface area contributed by atoms with Gasteiger partial charge in [0, 0.05) is 0 Å². The summed E-state index contributed by atoms with van der Waals surface area (Å²) in [7, 11) is 0. The minimum Gasteiger partial charge on any atom is -0.393 e. The van der Waals surface area contributed by atoms with Gasteiger partial charge < -0.3 is 5.11 Å². The SMILES string of the molecule is CCCCCCCCC[CH]C(CCCCCC)C(C)O. The van der Waals surface area contributed by atoms with Gasteiger partial charge in [-0.1, -0.05) is 84.5 Å². The van der Waals surface area contributed by atoms with E-state index in [1.807, 2.05) is 6.92 Å². The van der Waals surface area contributed by atoms with Crippen LogP contribution in [0.15, 0.2) is 0 Å². The lowest BCUT2D eigenvalue weighted by molar-refractivity contribution is 0.132. The maximum atomic E-state index is 9.84. The van der Waals surface area contributed by atoms with Crippen molar-refractivity contribution in [1.29, 1.82) is 0 Å². The Kier molecular flexibility index (Phi) is 15.3. The number of hydrogen-bond donors (Lipinski definition) is 1. The average molecular weight is 284 g/mol. The lowest BCUT2D eigenvalue weighted by atomic mass is 9.90. The molecule has 1 heteroatoms. The summed E-state index contributed by atoms with van der Waals surface area (Å²) in [5, 5.41) is 9.84. The van der Waals surface area contributed by atoms with Crippen LogP contribution in [0.2, 0.25) is 0 Å². The van der Waals surface area contributed by atoms with E-state index in [1.165, 1.54) is 83.5 Å². The van der Waals surface area contributed by atoms with E-state index < -0.39 is 0 Å². The van der Waals surface area contributed by atoms with E-state index in [1.54, 1.807) is 0 Å². The van der Waals surface area contributed by atoms with Crippen LogP contribution >= 0.6 is 0 Å². The van der Waals surface area contributed by atoms with Crippen LogP contribution in [0.25, 0.3) is 0 Å². The zero-order chi connectivity index (χ0) is 15.1. The van der Waals surface area contributed by atoms with E-state index in [0.717, 1.165) is 0 Å². The van der Waals surface area contributed by atoms with Gasteiger partial charge in [0.2, 0.25) is 0 Å². The first-order valence-corrected chi connectivity index (χ1v) is 9.23. The molecule has 20 heavy (non-hydrogen) atoms. The Morgan fingerprint density at radius 3 is 1.80 bits per heavy atom. The molecule has 0 spiro atoms. The zero-order valence-corrected chi connectivity index (χ0v) is 14.4. The molecule has 121 valence electrons. The lowest BCUT2D eigenvalue weighted by Crippen LogP contribution is -2.17. The van der Waals surface area contributed by atoms with Crippen LogP contribution in [0.3, 0.4) is 0 Å². The molecule has 0 aliphatic rings. The highest BCUT2D eigenvalue weighted by Crippen LogP contribution is 2.21. The Hall–Kier alpha value is -0.0400. The average Bonchev–Trinajstić information content (AvgIpc) is 2.43. The second-order valence-electron chi connectivity index (χ2n) is 6.40.